The van der Waals surface area contributed by atoms with Crippen molar-refractivity contribution >= 4 is 39.6 Å². The second-order valence-corrected chi connectivity index (χ2v) is 8.47. The van der Waals surface area contributed by atoms with Crippen LogP contribution in [0.15, 0.2) is 54.6 Å². The number of piperazine rings is 1. The first-order valence-corrected chi connectivity index (χ1v) is 11.5. The largest absolute Gasteiger partial charge is 0.368 e. The molecule has 1 aliphatic heterocycles. The first-order valence-electron chi connectivity index (χ1n) is 11.1. The van der Waals surface area contributed by atoms with Crippen molar-refractivity contribution in [2.24, 2.45) is 0 Å². The normalized spacial score (nSPS) is 14.6. The molecule has 2 aromatic carbocycles. The molecule has 0 amide bonds. The Bertz CT molecular complexity index is 1040. The van der Waals surface area contributed by atoms with Gasteiger partial charge < -0.3 is 15.5 Å². The lowest BCUT2D eigenvalue weighted by atomic mass is 10.1. The van der Waals surface area contributed by atoms with E-state index in [1.807, 2.05) is 13.8 Å². The van der Waals surface area contributed by atoms with Crippen molar-refractivity contribution in [1.82, 2.24) is 15.2 Å². The zero-order valence-electron chi connectivity index (χ0n) is 18.4. The minimum absolute atomic E-state index is 0.676. The first kappa shape index (κ1) is 21.5. The molecule has 1 saturated heterocycles. The van der Waals surface area contributed by atoms with Crippen LogP contribution in [0.4, 0.5) is 11.4 Å². The van der Waals surface area contributed by atoms with Crippen LogP contribution in [0.5, 0.6) is 0 Å². The van der Waals surface area contributed by atoms with Gasteiger partial charge in [-0.05, 0) is 74.4 Å². The summed E-state index contributed by atoms with van der Waals surface area (Å²) >= 11 is 5.29. The van der Waals surface area contributed by atoms with E-state index >= 15 is 0 Å². The monoisotopic (exact) mass is 433 g/mol. The average Bonchev–Trinajstić information content (AvgIpc) is 2.78. The van der Waals surface area contributed by atoms with Gasteiger partial charge in [0.25, 0.3) is 0 Å². The van der Waals surface area contributed by atoms with E-state index in [0.717, 1.165) is 62.6 Å². The molecular formula is C25H31N5S. The summed E-state index contributed by atoms with van der Waals surface area (Å²) in [7, 11) is 0. The van der Waals surface area contributed by atoms with Crippen molar-refractivity contribution < 1.29 is 0 Å². The van der Waals surface area contributed by atoms with Crippen LogP contribution in [-0.4, -0.2) is 54.3 Å². The van der Waals surface area contributed by atoms with E-state index in [4.69, 9.17) is 17.2 Å². The van der Waals surface area contributed by atoms with Crippen LogP contribution in [-0.2, 0) is 6.42 Å². The van der Waals surface area contributed by atoms with Crippen LogP contribution in [0.25, 0.3) is 10.9 Å². The summed E-state index contributed by atoms with van der Waals surface area (Å²) in [5, 5.41) is 8.32. The molecule has 5 nitrogen and oxygen atoms in total. The summed E-state index contributed by atoms with van der Waals surface area (Å²) in [6.07, 6.45) is 1.04. The molecule has 2 heterocycles. The second-order valence-electron chi connectivity index (χ2n) is 8.06. The second kappa shape index (κ2) is 10.1. The Kier molecular flexibility index (Phi) is 6.99. The number of fused-ring (bicyclic) bond motifs is 1. The van der Waals surface area contributed by atoms with Gasteiger partial charge in [0, 0.05) is 61.7 Å². The number of thiocarbonyl (C=S) groups is 1. The van der Waals surface area contributed by atoms with Gasteiger partial charge in [-0.1, -0.05) is 18.2 Å². The fraction of sp³-hybridized carbons (Fsp3) is 0.360. The van der Waals surface area contributed by atoms with Crippen molar-refractivity contribution in [2.75, 3.05) is 49.5 Å². The number of aromatic nitrogens is 1. The summed E-state index contributed by atoms with van der Waals surface area (Å²) in [6, 6.07) is 19.3. The zero-order chi connectivity index (χ0) is 21.6. The highest BCUT2D eigenvalue weighted by atomic mass is 32.1. The highest BCUT2D eigenvalue weighted by Gasteiger charge is 2.18. The maximum Gasteiger partial charge on any atom is 0.170 e. The van der Waals surface area contributed by atoms with Gasteiger partial charge >= 0.3 is 0 Å². The number of rotatable bonds is 6. The Hall–Kier alpha value is -2.70. The van der Waals surface area contributed by atoms with Gasteiger partial charge in [0.05, 0.1) is 5.52 Å². The predicted octanol–water partition coefficient (Wildman–Crippen LogP) is 4.21. The molecule has 3 aromatic rings. The van der Waals surface area contributed by atoms with Gasteiger partial charge in [0.15, 0.2) is 5.11 Å². The van der Waals surface area contributed by atoms with Gasteiger partial charge in [0.1, 0.15) is 0 Å². The molecule has 0 aliphatic carbocycles. The van der Waals surface area contributed by atoms with Crippen LogP contribution in [0.1, 0.15) is 18.2 Å². The highest BCUT2D eigenvalue weighted by Crippen LogP contribution is 2.27. The molecule has 2 N–H and O–H groups in total. The number of hydrogen-bond acceptors (Lipinski definition) is 4. The Morgan fingerprint density at radius 1 is 1.03 bits per heavy atom. The Morgan fingerprint density at radius 3 is 2.65 bits per heavy atom. The van der Waals surface area contributed by atoms with Gasteiger partial charge in [-0.15, -0.1) is 0 Å². The minimum Gasteiger partial charge on any atom is -0.368 e. The summed E-state index contributed by atoms with van der Waals surface area (Å²) in [4.78, 5) is 9.76. The number of benzene rings is 2. The quantitative estimate of drug-likeness (QED) is 0.568. The minimum atomic E-state index is 0.676. The molecular weight excluding hydrogens is 402 g/mol. The van der Waals surface area contributed by atoms with E-state index in [1.54, 1.807) is 0 Å². The van der Waals surface area contributed by atoms with Gasteiger partial charge in [-0.2, -0.15) is 0 Å². The smallest absolute Gasteiger partial charge is 0.170 e. The maximum atomic E-state index is 5.29. The Balaban J connectivity index is 1.32. The van der Waals surface area contributed by atoms with Crippen molar-refractivity contribution in [3.05, 3.63) is 65.9 Å². The Morgan fingerprint density at radius 2 is 1.84 bits per heavy atom. The number of nitrogens with zero attached hydrogens (tertiary/aromatic N) is 3. The fourth-order valence-electron chi connectivity index (χ4n) is 4.16. The van der Waals surface area contributed by atoms with Crippen LogP contribution >= 0.6 is 12.2 Å². The number of aryl methyl sites for hydroxylation is 1. The van der Waals surface area contributed by atoms with Gasteiger partial charge in [-0.3, -0.25) is 9.88 Å². The standard InChI is InChI=1S/C25H31N5S/c1-3-26-25(31)28-21-7-4-6-20(18-21)12-13-29-14-16-30(17-15-29)24-9-5-8-23-22(24)11-10-19(2)27-23/h4-11,18H,3,12-17H2,1-2H3,(H2,26,28,31). The molecule has 162 valence electrons. The SMILES string of the molecule is CCNC(=S)Nc1cccc(CCN2CCN(c3cccc4nc(C)ccc34)CC2)c1. The van der Waals surface area contributed by atoms with E-state index in [2.05, 4.69) is 75.0 Å². The number of anilines is 2. The molecule has 0 saturated carbocycles. The van der Waals surface area contributed by atoms with E-state index in [1.165, 1.54) is 16.6 Å². The molecule has 0 radical (unpaired) electrons. The average molecular weight is 434 g/mol. The summed E-state index contributed by atoms with van der Waals surface area (Å²) in [5.41, 5.74) is 5.84. The molecule has 0 bridgehead atoms. The third kappa shape index (κ3) is 5.51. The summed E-state index contributed by atoms with van der Waals surface area (Å²) in [6.45, 7) is 10.3. The molecule has 0 unspecified atom stereocenters. The van der Waals surface area contributed by atoms with Crippen molar-refractivity contribution in [3.8, 4) is 0 Å². The molecule has 31 heavy (non-hydrogen) atoms. The molecule has 1 aliphatic rings. The predicted molar refractivity (Wildman–Crippen MR) is 135 cm³/mol. The molecule has 1 fully saturated rings. The summed E-state index contributed by atoms with van der Waals surface area (Å²) < 4.78 is 0. The highest BCUT2D eigenvalue weighted by molar-refractivity contribution is 7.80. The summed E-state index contributed by atoms with van der Waals surface area (Å²) in [5.74, 6) is 0. The lowest BCUT2D eigenvalue weighted by molar-refractivity contribution is 0.261. The van der Waals surface area contributed by atoms with Crippen molar-refractivity contribution in [1.29, 1.82) is 0 Å². The Labute approximate surface area is 190 Å². The fourth-order valence-corrected chi connectivity index (χ4v) is 4.42. The maximum absolute atomic E-state index is 5.29. The lowest BCUT2D eigenvalue weighted by Gasteiger charge is -2.36. The van der Waals surface area contributed by atoms with Gasteiger partial charge in [-0.25, -0.2) is 0 Å². The molecule has 0 spiro atoms. The van der Waals surface area contributed by atoms with Crippen LogP contribution in [0, 0.1) is 6.92 Å². The van der Waals surface area contributed by atoms with Crippen molar-refractivity contribution in [2.45, 2.75) is 20.3 Å². The van der Waals surface area contributed by atoms with Crippen LogP contribution in [0.2, 0.25) is 0 Å². The topological polar surface area (TPSA) is 43.4 Å². The van der Waals surface area contributed by atoms with Crippen LogP contribution in [0.3, 0.4) is 0 Å². The van der Waals surface area contributed by atoms with Crippen molar-refractivity contribution in [3.63, 3.8) is 0 Å². The van der Waals surface area contributed by atoms with E-state index in [9.17, 15) is 0 Å². The third-order valence-corrected chi connectivity index (χ3v) is 6.05. The van der Waals surface area contributed by atoms with E-state index < -0.39 is 0 Å². The molecule has 1 aromatic heterocycles. The number of hydrogen-bond donors (Lipinski definition) is 2. The number of pyridine rings is 1. The third-order valence-electron chi connectivity index (χ3n) is 5.80. The molecule has 6 heteroatoms. The molecule has 4 rings (SSSR count). The van der Waals surface area contributed by atoms with E-state index in [0.29, 0.717) is 5.11 Å². The number of nitrogens with one attached hydrogen (secondary N) is 2. The first-order chi connectivity index (χ1) is 15.1. The van der Waals surface area contributed by atoms with Crippen LogP contribution < -0.4 is 15.5 Å². The van der Waals surface area contributed by atoms with E-state index in [-0.39, 0.29) is 0 Å². The van der Waals surface area contributed by atoms with Gasteiger partial charge in [0.2, 0.25) is 0 Å². The molecule has 0 atom stereocenters. The zero-order valence-corrected chi connectivity index (χ0v) is 19.2. The lowest BCUT2D eigenvalue weighted by Crippen LogP contribution is -2.47.